The highest BCUT2D eigenvalue weighted by atomic mass is 32.1. The van der Waals surface area contributed by atoms with Crippen LogP contribution >= 0.6 is 12.2 Å². The van der Waals surface area contributed by atoms with Gasteiger partial charge in [0, 0.05) is 18.6 Å². The summed E-state index contributed by atoms with van der Waals surface area (Å²) in [5.74, 6) is 0.0450. The molecule has 0 fully saturated rings. The largest absolute Gasteiger partial charge is 0.392 e. The quantitative estimate of drug-likeness (QED) is 0.645. The molecule has 0 aliphatic heterocycles. The summed E-state index contributed by atoms with van der Waals surface area (Å²) >= 11 is 4.88. The minimum Gasteiger partial charge on any atom is -0.392 e. The van der Waals surface area contributed by atoms with Crippen molar-refractivity contribution in [3.63, 3.8) is 0 Å². The molecule has 100 valence electrons. The van der Waals surface area contributed by atoms with E-state index in [4.69, 9.17) is 18.0 Å². The molecule has 0 spiro atoms. The minimum absolute atomic E-state index is 0.0450. The first-order chi connectivity index (χ1) is 7.90. The second-order valence-corrected chi connectivity index (χ2v) is 5.07. The number of nitrogens with two attached hydrogens (primary N) is 1. The van der Waals surface area contributed by atoms with E-state index in [1.54, 1.807) is 0 Å². The van der Waals surface area contributed by atoms with Gasteiger partial charge in [-0.2, -0.15) is 0 Å². The molecule has 0 saturated carbocycles. The predicted molar refractivity (Wildman–Crippen MR) is 76.0 cm³/mol. The molecule has 0 saturated heterocycles. The SMILES string of the molecule is CCC(CC)NC(=O)CN(CC(N)=S)C(C)C. The number of amides is 1. The number of hydrogen-bond donors (Lipinski definition) is 2. The Kier molecular flexibility index (Phi) is 8.08. The fourth-order valence-corrected chi connectivity index (χ4v) is 1.74. The highest BCUT2D eigenvalue weighted by molar-refractivity contribution is 7.80. The van der Waals surface area contributed by atoms with Crippen LogP contribution in [0.4, 0.5) is 0 Å². The second kappa shape index (κ2) is 8.42. The van der Waals surface area contributed by atoms with Gasteiger partial charge in [-0.1, -0.05) is 26.1 Å². The summed E-state index contributed by atoms with van der Waals surface area (Å²) in [4.78, 5) is 14.2. The van der Waals surface area contributed by atoms with Gasteiger partial charge in [0.25, 0.3) is 0 Å². The maximum absolute atomic E-state index is 11.8. The van der Waals surface area contributed by atoms with Gasteiger partial charge in [0.05, 0.1) is 11.5 Å². The molecule has 0 bridgehead atoms. The molecule has 0 rings (SSSR count). The lowest BCUT2D eigenvalue weighted by molar-refractivity contribution is -0.123. The van der Waals surface area contributed by atoms with Crippen LogP contribution < -0.4 is 11.1 Å². The van der Waals surface area contributed by atoms with E-state index in [0.29, 0.717) is 18.1 Å². The molecule has 5 heteroatoms. The van der Waals surface area contributed by atoms with Crippen molar-refractivity contribution < 1.29 is 4.79 Å². The minimum atomic E-state index is 0.0450. The third kappa shape index (κ3) is 7.28. The third-order valence-corrected chi connectivity index (χ3v) is 2.92. The summed E-state index contributed by atoms with van der Waals surface area (Å²) in [6.45, 7) is 9.05. The first-order valence-corrected chi connectivity index (χ1v) is 6.63. The van der Waals surface area contributed by atoms with E-state index < -0.39 is 0 Å². The summed E-state index contributed by atoms with van der Waals surface area (Å²) < 4.78 is 0. The Morgan fingerprint density at radius 3 is 2.18 bits per heavy atom. The normalized spacial score (nSPS) is 11.2. The molecule has 0 atom stereocenters. The van der Waals surface area contributed by atoms with Crippen LogP contribution in [0.3, 0.4) is 0 Å². The van der Waals surface area contributed by atoms with Crippen LogP contribution in [0.5, 0.6) is 0 Å². The Balaban J connectivity index is 4.25. The van der Waals surface area contributed by atoms with Crippen LogP contribution in [0.1, 0.15) is 40.5 Å². The number of nitrogens with zero attached hydrogens (tertiary/aromatic N) is 1. The molecule has 0 heterocycles. The second-order valence-electron chi connectivity index (χ2n) is 4.55. The number of thiocarbonyl (C=S) groups is 1. The summed E-state index contributed by atoms with van der Waals surface area (Å²) in [5, 5.41) is 3.01. The summed E-state index contributed by atoms with van der Waals surface area (Å²) in [7, 11) is 0. The zero-order chi connectivity index (χ0) is 13.4. The predicted octanol–water partition coefficient (Wildman–Crippen LogP) is 1.29. The van der Waals surface area contributed by atoms with Crippen molar-refractivity contribution in [2.75, 3.05) is 13.1 Å². The van der Waals surface area contributed by atoms with E-state index in [9.17, 15) is 4.79 Å². The van der Waals surface area contributed by atoms with E-state index in [2.05, 4.69) is 19.2 Å². The Morgan fingerprint density at radius 2 is 1.82 bits per heavy atom. The fourth-order valence-electron chi connectivity index (χ4n) is 1.57. The Bertz CT molecular complexity index is 252. The van der Waals surface area contributed by atoms with Gasteiger partial charge < -0.3 is 11.1 Å². The lowest BCUT2D eigenvalue weighted by Crippen LogP contribution is -2.46. The van der Waals surface area contributed by atoms with Crippen molar-refractivity contribution >= 4 is 23.1 Å². The van der Waals surface area contributed by atoms with Crippen molar-refractivity contribution in [1.82, 2.24) is 10.2 Å². The summed E-state index contributed by atoms with van der Waals surface area (Å²) in [6.07, 6.45) is 1.92. The van der Waals surface area contributed by atoms with Gasteiger partial charge in [0.15, 0.2) is 0 Å². The fraction of sp³-hybridized carbons (Fsp3) is 0.833. The molecule has 0 radical (unpaired) electrons. The van der Waals surface area contributed by atoms with E-state index in [1.807, 2.05) is 18.7 Å². The van der Waals surface area contributed by atoms with Gasteiger partial charge in [-0.05, 0) is 26.7 Å². The lowest BCUT2D eigenvalue weighted by Gasteiger charge is -2.26. The van der Waals surface area contributed by atoms with Crippen molar-refractivity contribution in [2.45, 2.75) is 52.6 Å². The van der Waals surface area contributed by atoms with Crippen molar-refractivity contribution in [3.05, 3.63) is 0 Å². The number of carbonyl (C=O) groups excluding carboxylic acids is 1. The average Bonchev–Trinajstić information content (AvgIpc) is 2.24. The van der Waals surface area contributed by atoms with Crippen LogP contribution in [0.15, 0.2) is 0 Å². The van der Waals surface area contributed by atoms with Crippen molar-refractivity contribution in [2.24, 2.45) is 5.73 Å². The molecule has 4 nitrogen and oxygen atoms in total. The van der Waals surface area contributed by atoms with Crippen LogP contribution in [-0.4, -0.2) is 41.0 Å². The van der Waals surface area contributed by atoms with Gasteiger partial charge in [-0.15, -0.1) is 0 Å². The molecule has 0 aromatic carbocycles. The van der Waals surface area contributed by atoms with E-state index in [-0.39, 0.29) is 18.0 Å². The van der Waals surface area contributed by atoms with E-state index in [1.165, 1.54) is 0 Å². The monoisotopic (exact) mass is 259 g/mol. The number of hydrogen-bond acceptors (Lipinski definition) is 3. The number of nitrogens with one attached hydrogen (secondary N) is 1. The molecular formula is C12H25N3OS. The molecule has 17 heavy (non-hydrogen) atoms. The van der Waals surface area contributed by atoms with Gasteiger partial charge in [-0.25, -0.2) is 0 Å². The Morgan fingerprint density at radius 1 is 1.29 bits per heavy atom. The van der Waals surface area contributed by atoms with E-state index >= 15 is 0 Å². The topological polar surface area (TPSA) is 58.4 Å². The number of carbonyl (C=O) groups is 1. The molecule has 3 N–H and O–H groups in total. The molecule has 1 amide bonds. The summed E-state index contributed by atoms with van der Waals surface area (Å²) in [5.41, 5.74) is 5.52. The van der Waals surface area contributed by atoms with Gasteiger partial charge in [0.1, 0.15) is 0 Å². The zero-order valence-corrected chi connectivity index (χ0v) is 12.1. The lowest BCUT2D eigenvalue weighted by atomic mass is 10.2. The van der Waals surface area contributed by atoms with Crippen LogP contribution in [0, 0.1) is 0 Å². The van der Waals surface area contributed by atoms with Crippen molar-refractivity contribution in [1.29, 1.82) is 0 Å². The van der Waals surface area contributed by atoms with Crippen LogP contribution in [0.2, 0.25) is 0 Å². The van der Waals surface area contributed by atoms with Gasteiger partial charge in [-0.3, -0.25) is 9.69 Å². The highest BCUT2D eigenvalue weighted by Gasteiger charge is 2.16. The van der Waals surface area contributed by atoms with Crippen LogP contribution in [-0.2, 0) is 4.79 Å². The zero-order valence-electron chi connectivity index (χ0n) is 11.3. The smallest absolute Gasteiger partial charge is 0.234 e. The average molecular weight is 259 g/mol. The van der Waals surface area contributed by atoms with Crippen LogP contribution in [0.25, 0.3) is 0 Å². The molecule has 0 aliphatic carbocycles. The molecule has 0 aromatic heterocycles. The van der Waals surface area contributed by atoms with Gasteiger partial charge >= 0.3 is 0 Å². The number of rotatable bonds is 8. The highest BCUT2D eigenvalue weighted by Crippen LogP contribution is 2.00. The van der Waals surface area contributed by atoms with Gasteiger partial charge in [0.2, 0.25) is 5.91 Å². The van der Waals surface area contributed by atoms with Crippen molar-refractivity contribution in [3.8, 4) is 0 Å². The van der Waals surface area contributed by atoms with E-state index in [0.717, 1.165) is 12.8 Å². The first kappa shape index (κ1) is 16.3. The standard InChI is InChI=1S/C12H25N3OS/c1-5-10(6-2)14-12(16)8-15(9(3)4)7-11(13)17/h9-10H,5-8H2,1-4H3,(H2,13,17)(H,14,16). The maximum Gasteiger partial charge on any atom is 0.234 e. The molecule has 0 aliphatic rings. The summed E-state index contributed by atoms with van der Waals surface area (Å²) in [6, 6.07) is 0.519. The Labute approximate surface area is 110 Å². The Hall–Kier alpha value is -0.680. The molecule has 0 unspecified atom stereocenters. The molecule has 0 aromatic rings. The first-order valence-electron chi connectivity index (χ1n) is 6.22. The third-order valence-electron chi connectivity index (χ3n) is 2.79. The maximum atomic E-state index is 11.8. The molecular weight excluding hydrogens is 234 g/mol.